The van der Waals surface area contributed by atoms with Crippen LogP contribution in [-0.4, -0.2) is 19.8 Å². The third kappa shape index (κ3) is 5.82. The molecule has 0 fully saturated rings. The summed E-state index contributed by atoms with van der Waals surface area (Å²) in [5.41, 5.74) is 0.612. The fourth-order valence-corrected chi connectivity index (χ4v) is 1.46. The van der Waals surface area contributed by atoms with E-state index in [1.807, 2.05) is 6.08 Å². The van der Waals surface area contributed by atoms with E-state index in [1.165, 1.54) is 6.07 Å². The van der Waals surface area contributed by atoms with Gasteiger partial charge in [0.05, 0.1) is 13.2 Å². The summed E-state index contributed by atoms with van der Waals surface area (Å²) in [5, 5.41) is 3.52. The minimum Gasteiger partial charge on any atom is -0.380 e. The monoisotopic (exact) mass is 257 g/mol. The van der Waals surface area contributed by atoms with Crippen LogP contribution >= 0.6 is 11.6 Å². The predicted octanol–water partition coefficient (Wildman–Crippen LogP) is 3.16. The first-order valence-electron chi connectivity index (χ1n) is 5.57. The molecular formula is C13H17ClFNO. The van der Waals surface area contributed by atoms with Crippen LogP contribution in [0, 0.1) is 5.82 Å². The van der Waals surface area contributed by atoms with Gasteiger partial charge in [0.2, 0.25) is 0 Å². The Balaban J connectivity index is 2.15. The van der Waals surface area contributed by atoms with Crippen LogP contribution in [-0.2, 0) is 11.3 Å². The van der Waals surface area contributed by atoms with E-state index in [0.717, 1.165) is 6.42 Å². The maximum absolute atomic E-state index is 13.4. The summed E-state index contributed by atoms with van der Waals surface area (Å²) >= 11 is 5.66. The minimum atomic E-state index is -0.280. The van der Waals surface area contributed by atoms with Gasteiger partial charge in [-0.15, -0.1) is 6.58 Å². The van der Waals surface area contributed by atoms with Gasteiger partial charge < -0.3 is 10.1 Å². The summed E-state index contributed by atoms with van der Waals surface area (Å²) in [4.78, 5) is 0. The van der Waals surface area contributed by atoms with Crippen LogP contribution in [0.2, 0.25) is 5.02 Å². The van der Waals surface area contributed by atoms with Crippen LogP contribution < -0.4 is 5.32 Å². The average Bonchev–Trinajstić information content (AvgIpc) is 2.30. The lowest BCUT2D eigenvalue weighted by Crippen LogP contribution is -2.20. The molecule has 1 aromatic carbocycles. The van der Waals surface area contributed by atoms with Crippen molar-refractivity contribution in [2.45, 2.75) is 13.0 Å². The van der Waals surface area contributed by atoms with Gasteiger partial charge in [-0.1, -0.05) is 23.7 Å². The molecule has 1 aromatic rings. The maximum atomic E-state index is 13.4. The summed E-state index contributed by atoms with van der Waals surface area (Å²) in [6.07, 6.45) is 2.67. The molecule has 0 aliphatic carbocycles. The zero-order valence-corrected chi connectivity index (χ0v) is 10.5. The molecule has 0 amide bonds. The van der Waals surface area contributed by atoms with Gasteiger partial charge in [0.1, 0.15) is 5.82 Å². The van der Waals surface area contributed by atoms with E-state index in [2.05, 4.69) is 11.9 Å². The first-order valence-corrected chi connectivity index (χ1v) is 5.95. The van der Waals surface area contributed by atoms with Crippen molar-refractivity contribution in [2.75, 3.05) is 19.8 Å². The van der Waals surface area contributed by atoms with E-state index in [4.69, 9.17) is 16.3 Å². The van der Waals surface area contributed by atoms with Crippen molar-refractivity contribution in [2.24, 2.45) is 0 Å². The molecule has 1 rings (SSSR count). The molecule has 17 heavy (non-hydrogen) atoms. The van der Waals surface area contributed by atoms with Crippen molar-refractivity contribution < 1.29 is 9.13 Å². The molecular weight excluding hydrogens is 241 g/mol. The number of hydrogen-bond acceptors (Lipinski definition) is 2. The largest absolute Gasteiger partial charge is 0.380 e. The first kappa shape index (κ1) is 14.2. The second kappa shape index (κ2) is 8.23. The lowest BCUT2D eigenvalue weighted by Gasteiger charge is -2.06. The zero-order valence-electron chi connectivity index (χ0n) is 9.72. The Hall–Kier alpha value is -0.900. The van der Waals surface area contributed by atoms with E-state index >= 15 is 0 Å². The summed E-state index contributed by atoms with van der Waals surface area (Å²) < 4.78 is 18.7. The number of benzene rings is 1. The highest BCUT2D eigenvalue weighted by atomic mass is 35.5. The van der Waals surface area contributed by atoms with Gasteiger partial charge in [-0.3, -0.25) is 0 Å². The van der Waals surface area contributed by atoms with Crippen LogP contribution in [0.3, 0.4) is 0 Å². The Bertz CT molecular complexity index is 357. The van der Waals surface area contributed by atoms with E-state index in [1.54, 1.807) is 12.1 Å². The molecule has 0 aromatic heterocycles. The summed E-state index contributed by atoms with van der Waals surface area (Å²) in [7, 11) is 0. The van der Waals surface area contributed by atoms with Gasteiger partial charge in [-0.05, 0) is 18.6 Å². The molecule has 0 spiro atoms. The van der Waals surface area contributed by atoms with Crippen molar-refractivity contribution in [3.8, 4) is 0 Å². The van der Waals surface area contributed by atoms with E-state index < -0.39 is 0 Å². The van der Waals surface area contributed by atoms with Crippen molar-refractivity contribution in [1.82, 2.24) is 5.32 Å². The van der Waals surface area contributed by atoms with Crippen LogP contribution in [0.25, 0.3) is 0 Å². The molecule has 0 aliphatic rings. The van der Waals surface area contributed by atoms with Crippen LogP contribution in [0.4, 0.5) is 4.39 Å². The summed E-state index contributed by atoms with van der Waals surface area (Å²) in [6.45, 7) is 6.07. The van der Waals surface area contributed by atoms with E-state index in [-0.39, 0.29) is 5.82 Å². The normalized spacial score (nSPS) is 10.5. The van der Waals surface area contributed by atoms with Crippen molar-refractivity contribution in [3.63, 3.8) is 0 Å². The van der Waals surface area contributed by atoms with Crippen molar-refractivity contribution in [3.05, 3.63) is 47.3 Å². The van der Waals surface area contributed by atoms with Gasteiger partial charge in [-0.25, -0.2) is 4.39 Å². The van der Waals surface area contributed by atoms with E-state index in [0.29, 0.717) is 36.9 Å². The number of nitrogens with one attached hydrogen (secondary N) is 1. The van der Waals surface area contributed by atoms with Gasteiger partial charge in [0.15, 0.2) is 0 Å². The van der Waals surface area contributed by atoms with Gasteiger partial charge >= 0.3 is 0 Å². The zero-order chi connectivity index (χ0) is 12.5. The van der Waals surface area contributed by atoms with Crippen LogP contribution in [0.15, 0.2) is 30.9 Å². The van der Waals surface area contributed by atoms with Gasteiger partial charge in [0, 0.05) is 23.7 Å². The fourth-order valence-electron chi connectivity index (χ4n) is 1.30. The van der Waals surface area contributed by atoms with Gasteiger partial charge in [0.25, 0.3) is 0 Å². The third-order valence-electron chi connectivity index (χ3n) is 2.22. The topological polar surface area (TPSA) is 21.3 Å². The Kier molecular flexibility index (Phi) is 6.86. The minimum absolute atomic E-state index is 0.280. The third-order valence-corrected chi connectivity index (χ3v) is 2.46. The molecule has 0 saturated carbocycles. The highest BCUT2D eigenvalue weighted by Crippen LogP contribution is 2.14. The number of hydrogen-bond donors (Lipinski definition) is 1. The van der Waals surface area contributed by atoms with Crippen molar-refractivity contribution in [1.29, 1.82) is 0 Å². The fraction of sp³-hybridized carbons (Fsp3) is 0.385. The second-order valence-corrected chi connectivity index (χ2v) is 4.04. The highest BCUT2D eigenvalue weighted by Gasteiger charge is 2.01. The molecule has 4 heteroatoms. The predicted molar refractivity (Wildman–Crippen MR) is 68.7 cm³/mol. The van der Waals surface area contributed by atoms with Gasteiger partial charge in [-0.2, -0.15) is 0 Å². The molecule has 0 bridgehead atoms. The highest BCUT2D eigenvalue weighted by molar-refractivity contribution is 6.30. The smallest absolute Gasteiger partial charge is 0.129 e. The molecule has 0 saturated heterocycles. The maximum Gasteiger partial charge on any atom is 0.129 e. The lowest BCUT2D eigenvalue weighted by molar-refractivity contribution is 0.140. The SMILES string of the molecule is C=CCCOCCNCc1ccc(Cl)cc1F. The first-order chi connectivity index (χ1) is 8.24. The van der Waals surface area contributed by atoms with E-state index in [9.17, 15) is 4.39 Å². The van der Waals surface area contributed by atoms with Crippen molar-refractivity contribution >= 4 is 11.6 Å². The second-order valence-electron chi connectivity index (χ2n) is 3.60. The summed E-state index contributed by atoms with van der Waals surface area (Å²) in [5.74, 6) is -0.280. The van der Waals surface area contributed by atoms with Crippen LogP contribution in [0.1, 0.15) is 12.0 Å². The Morgan fingerprint density at radius 3 is 2.94 bits per heavy atom. The quantitative estimate of drug-likeness (QED) is 0.571. The molecule has 0 heterocycles. The van der Waals surface area contributed by atoms with Crippen LogP contribution in [0.5, 0.6) is 0 Å². The molecule has 0 radical (unpaired) electrons. The number of ether oxygens (including phenoxy) is 1. The average molecular weight is 258 g/mol. The Morgan fingerprint density at radius 1 is 1.41 bits per heavy atom. The molecule has 0 unspecified atom stereocenters. The molecule has 0 atom stereocenters. The Labute approximate surface area is 106 Å². The summed E-state index contributed by atoms with van der Waals surface area (Å²) in [6, 6.07) is 4.69. The number of halogens is 2. The molecule has 0 aliphatic heterocycles. The molecule has 2 nitrogen and oxygen atoms in total. The molecule has 1 N–H and O–H groups in total. The lowest BCUT2D eigenvalue weighted by atomic mass is 10.2. The molecule has 94 valence electrons. The number of rotatable bonds is 8. The Morgan fingerprint density at radius 2 is 2.24 bits per heavy atom. The standard InChI is InChI=1S/C13H17ClFNO/c1-2-3-7-17-8-6-16-10-11-4-5-12(14)9-13(11)15/h2,4-5,9,16H,1,3,6-8,10H2.